The number of carboxylic acids is 1. The molecule has 0 spiro atoms. The standard InChI is InChI=1S/C18H14ClF3N2O5S/c19-16-8-7-15-14(23-16)9-11(3-1-6-17(25)26)24(15)30(27,28)13-5-2-4-12(10-13)29-18(20,21)22/h2,4-5,7-10H,1,3,6H2,(H,25,26). The van der Waals surface area contributed by atoms with E-state index in [2.05, 4.69) is 9.72 Å². The number of nitrogens with zero attached hydrogens (tertiary/aromatic N) is 2. The third kappa shape index (κ3) is 4.85. The number of hydrogen-bond donors (Lipinski definition) is 1. The Kier molecular flexibility index (Phi) is 5.95. The number of pyridine rings is 1. The molecular formula is C18H14ClF3N2O5S. The van der Waals surface area contributed by atoms with Crippen LogP contribution in [0.1, 0.15) is 18.5 Å². The van der Waals surface area contributed by atoms with Gasteiger partial charge in [-0.25, -0.2) is 17.4 Å². The number of halogens is 4. The van der Waals surface area contributed by atoms with Crippen molar-refractivity contribution < 1.29 is 36.2 Å². The van der Waals surface area contributed by atoms with Gasteiger partial charge in [0, 0.05) is 18.2 Å². The highest BCUT2D eigenvalue weighted by Gasteiger charge is 2.32. The number of rotatable bonds is 7. The molecular weight excluding hydrogens is 449 g/mol. The Morgan fingerprint density at radius 1 is 1.20 bits per heavy atom. The maximum absolute atomic E-state index is 13.3. The molecule has 3 rings (SSSR count). The summed E-state index contributed by atoms with van der Waals surface area (Å²) >= 11 is 5.87. The van der Waals surface area contributed by atoms with E-state index in [1.165, 1.54) is 18.2 Å². The minimum Gasteiger partial charge on any atom is -0.481 e. The second kappa shape index (κ2) is 8.15. The van der Waals surface area contributed by atoms with Gasteiger partial charge in [-0.05, 0) is 43.2 Å². The summed E-state index contributed by atoms with van der Waals surface area (Å²) in [6.45, 7) is 0. The molecule has 0 radical (unpaired) electrons. The maximum atomic E-state index is 13.3. The Labute approximate surface area is 173 Å². The van der Waals surface area contributed by atoms with Gasteiger partial charge in [0.25, 0.3) is 10.0 Å². The van der Waals surface area contributed by atoms with Gasteiger partial charge in [0.15, 0.2) is 0 Å². The summed E-state index contributed by atoms with van der Waals surface area (Å²) in [6.07, 6.45) is -4.94. The zero-order chi connectivity index (χ0) is 22.1. The summed E-state index contributed by atoms with van der Waals surface area (Å²) in [7, 11) is -4.36. The second-order valence-corrected chi connectivity index (χ2v) is 8.39. The number of ether oxygens (including phenoxy) is 1. The number of hydrogen-bond acceptors (Lipinski definition) is 5. The van der Waals surface area contributed by atoms with Gasteiger partial charge in [0.1, 0.15) is 10.9 Å². The number of aromatic nitrogens is 2. The minimum atomic E-state index is -4.98. The van der Waals surface area contributed by atoms with E-state index in [1.54, 1.807) is 0 Å². The first-order chi connectivity index (χ1) is 14.0. The van der Waals surface area contributed by atoms with E-state index >= 15 is 0 Å². The Morgan fingerprint density at radius 2 is 1.93 bits per heavy atom. The summed E-state index contributed by atoms with van der Waals surface area (Å²) in [5, 5.41) is 8.96. The van der Waals surface area contributed by atoms with E-state index in [4.69, 9.17) is 16.7 Å². The van der Waals surface area contributed by atoms with Crippen LogP contribution in [-0.4, -0.2) is 34.8 Å². The van der Waals surface area contributed by atoms with Crippen LogP contribution in [0.3, 0.4) is 0 Å². The molecule has 0 saturated carbocycles. The van der Waals surface area contributed by atoms with Gasteiger partial charge in [-0.15, -0.1) is 13.2 Å². The molecule has 3 aromatic rings. The SMILES string of the molecule is O=C(O)CCCc1cc2nc(Cl)ccc2n1S(=O)(=O)c1cccc(OC(F)(F)F)c1. The molecule has 12 heteroatoms. The van der Waals surface area contributed by atoms with Gasteiger partial charge in [-0.2, -0.15) is 0 Å². The van der Waals surface area contributed by atoms with Gasteiger partial charge in [0.2, 0.25) is 0 Å². The molecule has 0 saturated heterocycles. The van der Waals surface area contributed by atoms with Crippen LogP contribution < -0.4 is 4.74 Å². The quantitative estimate of drug-likeness (QED) is 0.527. The third-order valence-corrected chi connectivity index (χ3v) is 6.02. The van der Waals surface area contributed by atoms with Crippen LogP contribution in [0.2, 0.25) is 5.15 Å². The van der Waals surface area contributed by atoms with Crippen LogP contribution in [0.15, 0.2) is 47.4 Å². The average Bonchev–Trinajstić information content (AvgIpc) is 2.98. The first-order valence-electron chi connectivity index (χ1n) is 8.47. The zero-order valence-electron chi connectivity index (χ0n) is 15.1. The fourth-order valence-electron chi connectivity index (χ4n) is 2.91. The lowest BCUT2D eigenvalue weighted by Gasteiger charge is -2.14. The number of aryl methyl sites for hydroxylation is 1. The Balaban J connectivity index is 2.11. The fraction of sp³-hybridized carbons (Fsp3) is 0.222. The predicted octanol–water partition coefficient (Wildman–Crippen LogP) is 4.23. The predicted molar refractivity (Wildman–Crippen MR) is 101 cm³/mol. The van der Waals surface area contributed by atoms with Crippen LogP contribution in [0.25, 0.3) is 11.0 Å². The van der Waals surface area contributed by atoms with Gasteiger partial charge >= 0.3 is 12.3 Å². The molecule has 0 fully saturated rings. The Hall–Kier alpha value is -2.79. The van der Waals surface area contributed by atoms with Crippen molar-refractivity contribution in [2.75, 3.05) is 0 Å². The van der Waals surface area contributed by atoms with Crippen LogP contribution in [-0.2, 0) is 21.2 Å². The lowest BCUT2D eigenvalue weighted by atomic mass is 10.2. The molecule has 0 amide bonds. The molecule has 1 aromatic carbocycles. The number of aliphatic carboxylic acids is 1. The second-order valence-electron chi connectivity index (χ2n) is 6.21. The van der Waals surface area contributed by atoms with Crippen molar-refractivity contribution in [1.82, 2.24) is 8.96 Å². The molecule has 0 aliphatic heterocycles. The van der Waals surface area contributed by atoms with Gasteiger partial charge in [-0.3, -0.25) is 4.79 Å². The normalized spacial score (nSPS) is 12.3. The van der Waals surface area contributed by atoms with E-state index in [-0.39, 0.29) is 41.1 Å². The topological polar surface area (TPSA) is 98.5 Å². The first-order valence-corrected chi connectivity index (χ1v) is 10.3. The van der Waals surface area contributed by atoms with Crippen molar-refractivity contribution in [2.24, 2.45) is 0 Å². The highest BCUT2D eigenvalue weighted by molar-refractivity contribution is 7.90. The van der Waals surface area contributed by atoms with Crippen LogP contribution in [0.4, 0.5) is 13.2 Å². The Morgan fingerprint density at radius 3 is 2.60 bits per heavy atom. The molecule has 0 aliphatic carbocycles. The van der Waals surface area contributed by atoms with Crippen LogP contribution in [0, 0.1) is 0 Å². The molecule has 2 aromatic heterocycles. The van der Waals surface area contributed by atoms with Gasteiger partial charge < -0.3 is 9.84 Å². The highest BCUT2D eigenvalue weighted by atomic mass is 35.5. The van der Waals surface area contributed by atoms with Gasteiger partial charge in [0.05, 0.1) is 15.9 Å². The maximum Gasteiger partial charge on any atom is 0.573 e. The van der Waals surface area contributed by atoms with Gasteiger partial charge in [-0.1, -0.05) is 17.7 Å². The van der Waals surface area contributed by atoms with E-state index in [1.807, 2.05) is 0 Å². The lowest BCUT2D eigenvalue weighted by Crippen LogP contribution is -2.19. The van der Waals surface area contributed by atoms with Crippen molar-refractivity contribution in [1.29, 1.82) is 0 Å². The number of fused-ring (bicyclic) bond motifs is 1. The van der Waals surface area contributed by atoms with Crippen molar-refractivity contribution in [3.63, 3.8) is 0 Å². The molecule has 0 atom stereocenters. The van der Waals surface area contributed by atoms with E-state index < -0.39 is 33.0 Å². The lowest BCUT2D eigenvalue weighted by molar-refractivity contribution is -0.274. The molecule has 0 unspecified atom stereocenters. The monoisotopic (exact) mass is 462 g/mol. The van der Waals surface area contributed by atoms with Crippen LogP contribution >= 0.6 is 11.6 Å². The van der Waals surface area contributed by atoms with Crippen LogP contribution in [0.5, 0.6) is 5.75 Å². The summed E-state index contributed by atoms with van der Waals surface area (Å²) < 4.78 is 68.8. The number of carbonyl (C=O) groups is 1. The third-order valence-electron chi connectivity index (χ3n) is 4.05. The first kappa shape index (κ1) is 21.9. The van der Waals surface area contributed by atoms with E-state index in [0.29, 0.717) is 0 Å². The molecule has 1 N–H and O–H groups in total. The van der Waals surface area contributed by atoms with E-state index in [9.17, 15) is 26.4 Å². The summed E-state index contributed by atoms with van der Waals surface area (Å²) in [5.41, 5.74) is 0.633. The molecule has 2 heterocycles. The molecule has 0 aliphatic rings. The molecule has 7 nitrogen and oxygen atoms in total. The molecule has 0 bridgehead atoms. The molecule has 30 heavy (non-hydrogen) atoms. The number of carboxylic acid groups (broad SMARTS) is 1. The summed E-state index contributed by atoms with van der Waals surface area (Å²) in [5.74, 6) is -1.73. The largest absolute Gasteiger partial charge is 0.573 e. The van der Waals surface area contributed by atoms with Crippen molar-refractivity contribution in [3.8, 4) is 5.75 Å². The minimum absolute atomic E-state index is 0.0816. The Bertz CT molecular complexity index is 1210. The zero-order valence-corrected chi connectivity index (χ0v) is 16.6. The highest BCUT2D eigenvalue weighted by Crippen LogP contribution is 2.30. The van der Waals surface area contributed by atoms with Crippen molar-refractivity contribution in [2.45, 2.75) is 30.5 Å². The van der Waals surface area contributed by atoms with Crippen molar-refractivity contribution >= 4 is 38.6 Å². The average molecular weight is 463 g/mol. The number of alkyl halides is 3. The number of benzene rings is 1. The van der Waals surface area contributed by atoms with Crippen molar-refractivity contribution in [3.05, 3.63) is 53.3 Å². The summed E-state index contributed by atoms with van der Waals surface area (Å²) in [4.78, 5) is 14.4. The smallest absolute Gasteiger partial charge is 0.481 e. The van der Waals surface area contributed by atoms with E-state index in [0.717, 1.165) is 28.2 Å². The fourth-order valence-corrected chi connectivity index (χ4v) is 4.65. The molecule has 160 valence electrons. The summed E-state index contributed by atoms with van der Waals surface area (Å²) in [6, 6.07) is 8.25.